The number of nitrogens with one attached hydrogen (secondary N) is 1. The number of hydrogen-bond acceptors (Lipinski definition) is 2. The van der Waals surface area contributed by atoms with Gasteiger partial charge in [-0.05, 0) is 29.5 Å². The summed E-state index contributed by atoms with van der Waals surface area (Å²) in [7, 11) is 1.65. The lowest BCUT2D eigenvalue weighted by atomic mass is 9.84. The molecule has 0 bridgehead atoms. The molecular weight excluding hydrogens is 260 g/mol. The Kier molecular flexibility index (Phi) is 7.70. The van der Waals surface area contributed by atoms with Crippen LogP contribution in [-0.2, 0) is 4.74 Å². The molecule has 2 nitrogen and oxygen atoms in total. The van der Waals surface area contributed by atoms with Crippen LogP contribution in [0.2, 0.25) is 0 Å². The molecule has 20 heavy (non-hydrogen) atoms. The predicted molar refractivity (Wildman–Crippen MR) is 77.9 cm³/mol. The van der Waals surface area contributed by atoms with Gasteiger partial charge in [-0.15, -0.1) is 0 Å². The van der Waals surface area contributed by atoms with Gasteiger partial charge in [0.25, 0.3) is 0 Å². The first-order chi connectivity index (χ1) is 9.58. The number of benzene rings is 1. The number of methoxy groups -OCH3 is 1. The Bertz CT molecular complexity index is 378. The van der Waals surface area contributed by atoms with Crippen LogP contribution < -0.4 is 5.32 Å². The molecule has 0 aliphatic carbocycles. The smallest absolute Gasteiger partial charge is 0.126 e. The summed E-state index contributed by atoms with van der Waals surface area (Å²) < 4.78 is 31.8. The molecule has 0 saturated heterocycles. The van der Waals surface area contributed by atoms with Crippen LogP contribution in [0.4, 0.5) is 8.78 Å². The lowest BCUT2D eigenvalue weighted by molar-refractivity contribution is 0.198. The van der Waals surface area contributed by atoms with Crippen molar-refractivity contribution in [3.8, 4) is 0 Å². The molecule has 1 N–H and O–H groups in total. The Morgan fingerprint density at radius 3 is 2.40 bits per heavy atom. The van der Waals surface area contributed by atoms with Gasteiger partial charge in [0.1, 0.15) is 11.6 Å². The van der Waals surface area contributed by atoms with Gasteiger partial charge in [0.15, 0.2) is 0 Å². The summed E-state index contributed by atoms with van der Waals surface area (Å²) in [5.41, 5.74) is 0.730. The third-order valence-corrected chi connectivity index (χ3v) is 3.59. The predicted octanol–water partition coefficient (Wildman–Crippen LogP) is 3.72. The molecule has 0 heterocycles. The van der Waals surface area contributed by atoms with E-state index in [1.54, 1.807) is 7.11 Å². The van der Waals surface area contributed by atoms with Crippen molar-refractivity contribution in [1.29, 1.82) is 0 Å². The molecule has 2 atom stereocenters. The van der Waals surface area contributed by atoms with Gasteiger partial charge < -0.3 is 10.1 Å². The number of halogens is 2. The molecule has 0 aliphatic heterocycles. The summed E-state index contributed by atoms with van der Waals surface area (Å²) in [6.07, 6.45) is 2.10. The molecule has 0 saturated carbocycles. The van der Waals surface area contributed by atoms with Crippen molar-refractivity contribution in [2.45, 2.75) is 32.6 Å². The van der Waals surface area contributed by atoms with Crippen LogP contribution in [0, 0.1) is 17.6 Å². The van der Waals surface area contributed by atoms with E-state index >= 15 is 0 Å². The highest BCUT2D eigenvalue weighted by Gasteiger charge is 2.20. The summed E-state index contributed by atoms with van der Waals surface area (Å²) in [4.78, 5) is 0. The topological polar surface area (TPSA) is 21.3 Å². The Balaban J connectivity index is 2.79. The molecule has 2 unspecified atom stereocenters. The summed E-state index contributed by atoms with van der Waals surface area (Å²) in [6, 6.07) is 3.80. The van der Waals surface area contributed by atoms with Gasteiger partial charge >= 0.3 is 0 Å². The maximum Gasteiger partial charge on any atom is 0.126 e. The van der Waals surface area contributed by atoms with E-state index in [-0.39, 0.29) is 5.92 Å². The van der Waals surface area contributed by atoms with E-state index in [9.17, 15) is 8.78 Å². The van der Waals surface area contributed by atoms with Crippen molar-refractivity contribution in [3.63, 3.8) is 0 Å². The third kappa shape index (κ3) is 5.55. The monoisotopic (exact) mass is 285 g/mol. The fourth-order valence-electron chi connectivity index (χ4n) is 2.53. The zero-order chi connectivity index (χ0) is 15.0. The van der Waals surface area contributed by atoms with E-state index in [1.807, 2.05) is 0 Å². The summed E-state index contributed by atoms with van der Waals surface area (Å²) in [6.45, 7) is 6.33. The second-order valence-corrected chi connectivity index (χ2v) is 5.27. The highest BCUT2D eigenvalue weighted by atomic mass is 19.1. The Labute approximate surface area is 120 Å². The van der Waals surface area contributed by atoms with Crippen molar-refractivity contribution in [2.24, 2.45) is 5.92 Å². The van der Waals surface area contributed by atoms with E-state index < -0.39 is 11.6 Å². The van der Waals surface area contributed by atoms with Crippen LogP contribution in [0.5, 0.6) is 0 Å². The Morgan fingerprint density at radius 1 is 1.20 bits per heavy atom. The Hall–Kier alpha value is -1.00. The van der Waals surface area contributed by atoms with Gasteiger partial charge in [0.05, 0.1) is 6.61 Å². The van der Waals surface area contributed by atoms with Crippen molar-refractivity contribution < 1.29 is 13.5 Å². The Morgan fingerprint density at radius 2 is 1.85 bits per heavy atom. The van der Waals surface area contributed by atoms with Crippen LogP contribution in [-0.4, -0.2) is 26.8 Å². The number of ether oxygens (including phenoxy) is 1. The molecule has 0 aliphatic rings. The van der Waals surface area contributed by atoms with Crippen molar-refractivity contribution in [1.82, 2.24) is 5.32 Å². The minimum absolute atomic E-state index is 0.108. The first-order valence-corrected chi connectivity index (χ1v) is 7.24. The van der Waals surface area contributed by atoms with Crippen LogP contribution >= 0.6 is 0 Å². The average molecular weight is 285 g/mol. The molecule has 0 spiro atoms. The molecule has 0 aromatic heterocycles. The lowest BCUT2D eigenvalue weighted by Gasteiger charge is -2.25. The van der Waals surface area contributed by atoms with Crippen LogP contribution in [0.1, 0.15) is 38.2 Å². The highest BCUT2D eigenvalue weighted by molar-refractivity contribution is 5.23. The maximum atomic E-state index is 13.4. The van der Waals surface area contributed by atoms with Crippen molar-refractivity contribution >= 4 is 0 Å². The molecule has 0 amide bonds. The van der Waals surface area contributed by atoms with Crippen molar-refractivity contribution in [3.05, 3.63) is 35.4 Å². The molecule has 114 valence electrons. The van der Waals surface area contributed by atoms with Gasteiger partial charge in [-0.1, -0.05) is 26.7 Å². The number of hydrogen-bond donors (Lipinski definition) is 1. The number of rotatable bonds is 9. The largest absolute Gasteiger partial charge is 0.383 e. The van der Waals surface area contributed by atoms with Gasteiger partial charge in [0, 0.05) is 26.3 Å². The molecule has 4 heteroatoms. The second kappa shape index (κ2) is 9.03. The van der Waals surface area contributed by atoms with Crippen LogP contribution in [0.3, 0.4) is 0 Å². The highest BCUT2D eigenvalue weighted by Crippen LogP contribution is 2.28. The standard InChI is InChI=1S/C16H25F2NO/c1-4-5-12(2)16(11-19-6-7-20-3)13-8-14(17)10-15(18)9-13/h8-10,12,16,19H,4-7,11H2,1-3H3. The van der Waals surface area contributed by atoms with E-state index in [0.29, 0.717) is 19.1 Å². The summed E-state index contributed by atoms with van der Waals surface area (Å²) >= 11 is 0. The van der Waals surface area contributed by atoms with Gasteiger partial charge in [-0.2, -0.15) is 0 Å². The zero-order valence-corrected chi connectivity index (χ0v) is 12.6. The molecule has 1 aromatic rings. The molecule has 1 aromatic carbocycles. The first kappa shape index (κ1) is 17.1. The minimum Gasteiger partial charge on any atom is -0.383 e. The molecule has 1 rings (SSSR count). The third-order valence-electron chi connectivity index (χ3n) is 3.59. The molecule has 0 radical (unpaired) electrons. The van der Waals surface area contributed by atoms with Crippen molar-refractivity contribution in [2.75, 3.05) is 26.8 Å². The quantitative estimate of drug-likeness (QED) is 0.698. The van der Waals surface area contributed by atoms with E-state index in [0.717, 1.165) is 31.0 Å². The van der Waals surface area contributed by atoms with Gasteiger partial charge in [-0.3, -0.25) is 0 Å². The zero-order valence-electron chi connectivity index (χ0n) is 12.6. The first-order valence-electron chi connectivity index (χ1n) is 7.24. The summed E-state index contributed by atoms with van der Waals surface area (Å²) in [5.74, 6) is -0.538. The summed E-state index contributed by atoms with van der Waals surface area (Å²) in [5, 5.41) is 3.29. The van der Waals surface area contributed by atoms with Crippen LogP contribution in [0.15, 0.2) is 18.2 Å². The molecule has 0 fully saturated rings. The van der Waals surface area contributed by atoms with Gasteiger partial charge in [0.2, 0.25) is 0 Å². The van der Waals surface area contributed by atoms with E-state index in [4.69, 9.17) is 4.74 Å². The molecular formula is C16H25F2NO. The SMILES string of the molecule is CCCC(C)C(CNCCOC)c1cc(F)cc(F)c1. The normalized spacial score (nSPS) is 14.2. The van der Waals surface area contributed by atoms with E-state index in [2.05, 4.69) is 19.2 Å². The average Bonchev–Trinajstić information content (AvgIpc) is 2.37. The fraction of sp³-hybridized carbons (Fsp3) is 0.625. The lowest BCUT2D eigenvalue weighted by Crippen LogP contribution is -2.28. The minimum atomic E-state index is -0.509. The van der Waals surface area contributed by atoms with Crippen LogP contribution in [0.25, 0.3) is 0 Å². The maximum absolute atomic E-state index is 13.4. The van der Waals surface area contributed by atoms with Gasteiger partial charge in [-0.25, -0.2) is 8.78 Å². The fourth-order valence-corrected chi connectivity index (χ4v) is 2.53. The second-order valence-electron chi connectivity index (χ2n) is 5.27. The van der Waals surface area contributed by atoms with E-state index in [1.165, 1.54) is 12.1 Å².